The zero-order valence-corrected chi connectivity index (χ0v) is 21.9. The Hall–Kier alpha value is -2.11. The fourth-order valence-corrected chi connectivity index (χ4v) is 5.11. The van der Waals surface area contributed by atoms with Crippen molar-refractivity contribution in [2.45, 2.75) is 73.6 Å². The lowest BCUT2D eigenvalue weighted by Gasteiger charge is -2.48. The molecule has 0 N–H and O–H groups in total. The Balaban J connectivity index is 0.00000129. The number of carbonyl (C=O) groups excluding carboxylic acids is 1. The molecule has 2 fully saturated rings. The van der Waals surface area contributed by atoms with E-state index in [0.29, 0.717) is 36.6 Å². The van der Waals surface area contributed by atoms with E-state index in [2.05, 4.69) is 44.8 Å². The van der Waals surface area contributed by atoms with Gasteiger partial charge in [-0.1, -0.05) is 53.2 Å². The molecule has 0 spiro atoms. The molecule has 4 unspecified atom stereocenters. The number of likely N-dealkylation sites (tertiary alicyclic amines) is 1. The molecule has 0 bridgehead atoms. The molecule has 6 heteroatoms. The van der Waals surface area contributed by atoms with E-state index in [1.165, 1.54) is 24.6 Å². The Bertz CT molecular complexity index is 834. The zero-order chi connectivity index (χ0) is 25.3. The summed E-state index contributed by atoms with van der Waals surface area (Å²) in [7, 11) is 0. The number of hydrogen-bond donors (Lipinski definition) is 0. The second-order valence-electron chi connectivity index (χ2n) is 10.00. The summed E-state index contributed by atoms with van der Waals surface area (Å²) in [5, 5.41) is 8.18. The number of amides is 1. The van der Waals surface area contributed by atoms with Gasteiger partial charge in [0.2, 0.25) is 5.91 Å². The largest absolute Gasteiger partial charge is 0.342 e. The van der Waals surface area contributed by atoms with Gasteiger partial charge in [0.25, 0.3) is 0 Å². The van der Waals surface area contributed by atoms with Gasteiger partial charge in [-0.25, -0.2) is 8.78 Å². The Labute approximate surface area is 204 Å². The van der Waals surface area contributed by atoms with Gasteiger partial charge in [-0.15, -0.1) is 0 Å². The highest BCUT2D eigenvalue weighted by Gasteiger charge is 2.43. The van der Waals surface area contributed by atoms with Crippen LogP contribution in [0, 0.1) is 41.2 Å². The van der Waals surface area contributed by atoms with Crippen LogP contribution in [0.5, 0.6) is 0 Å². The topological polar surface area (TPSA) is 45.0 Å². The van der Waals surface area contributed by atoms with Gasteiger partial charge in [-0.3, -0.25) is 4.79 Å². The molecule has 2 aliphatic rings. The predicted octanol–water partition coefficient (Wildman–Crippen LogP) is 7.75. The normalized spacial score (nSPS) is 26.9. The maximum atomic E-state index is 14.4. The maximum Gasteiger partial charge on any atom is 0.222 e. The number of allylic oxidation sites excluding steroid dienone is 1. The molecular formula is C28H43F2N3O. The van der Waals surface area contributed by atoms with Gasteiger partial charge in [0, 0.05) is 19.5 Å². The van der Waals surface area contributed by atoms with Gasteiger partial charge >= 0.3 is 0 Å². The number of halogens is 2. The molecule has 34 heavy (non-hydrogen) atoms. The van der Waals surface area contributed by atoms with E-state index in [1.807, 2.05) is 17.9 Å². The number of nitrogens with zero attached hydrogens (tertiary/aromatic N) is 3. The van der Waals surface area contributed by atoms with Gasteiger partial charge in [-0.05, 0) is 67.9 Å². The van der Waals surface area contributed by atoms with Crippen molar-refractivity contribution in [3.8, 4) is 0 Å². The summed E-state index contributed by atoms with van der Waals surface area (Å²) in [6.45, 7) is 14.9. The number of rotatable bonds is 8. The molecule has 1 aromatic carbocycles. The highest BCUT2D eigenvalue weighted by Crippen LogP contribution is 2.50. The molecule has 1 heterocycles. The maximum absolute atomic E-state index is 14.4. The molecule has 1 amide bonds. The lowest BCUT2D eigenvalue weighted by atomic mass is 9.56. The Morgan fingerprint density at radius 3 is 2.32 bits per heavy atom. The minimum absolute atomic E-state index is 0.108. The van der Waals surface area contributed by atoms with Crippen molar-refractivity contribution in [1.82, 2.24) is 4.90 Å². The van der Waals surface area contributed by atoms with Crippen LogP contribution in [0.3, 0.4) is 0 Å². The van der Waals surface area contributed by atoms with Crippen LogP contribution in [0.25, 0.3) is 5.70 Å². The second kappa shape index (κ2) is 13.7. The van der Waals surface area contributed by atoms with Crippen molar-refractivity contribution in [2.24, 2.45) is 39.8 Å². The van der Waals surface area contributed by atoms with Crippen molar-refractivity contribution >= 4 is 11.6 Å². The van der Waals surface area contributed by atoms with E-state index in [-0.39, 0.29) is 23.1 Å². The third-order valence-corrected chi connectivity index (χ3v) is 7.20. The minimum Gasteiger partial charge on any atom is -0.342 e. The first kappa shape index (κ1) is 28.1. The van der Waals surface area contributed by atoms with E-state index < -0.39 is 11.6 Å². The third kappa shape index (κ3) is 7.19. The molecule has 1 saturated carbocycles. The fraction of sp³-hybridized carbons (Fsp3) is 0.679. The third-order valence-electron chi connectivity index (χ3n) is 7.20. The molecular weight excluding hydrogens is 432 g/mol. The van der Waals surface area contributed by atoms with Crippen LogP contribution in [0.1, 0.15) is 79.2 Å². The van der Waals surface area contributed by atoms with Crippen molar-refractivity contribution in [3.05, 3.63) is 41.5 Å². The molecule has 1 saturated heterocycles. The highest BCUT2D eigenvalue weighted by molar-refractivity contribution is 5.76. The number of carbonyl (C=O) groups is 1. The average molecular weight is 476 g/mol. The molecule has 1 aliphatic heterocycles. The zero-order valence-electron chi connectivity index (χ0n) is 21.9. The van der Waals surface area contributed by atoms with Gasteiger partial charge in [0.15, 0.2) is 0 Å². The van der Waals surface area contributed by atoms with Crippen LogP contribution in [0.2, 0.25) is 0 Å². The minimum atomic E-state index is -0.622. The van der Waals surface area contributed by atoms with E-state index >= 15 is 0 Å². The van der Waals surface area contributed by atoms with Gasteiger partial charge in [-0.2, -0.15) is 10.2 Å². The summed E-state index contributed by atoms with van der Waals surface area (Å²) in [6.07, 6.45) is 6.60. The van der Waals surface area contributed by atoms with Crippen LogP contribution in [0.4, 0.5) is 8.78 Å². The van der Waals surface area contributed by atoms with Gasteiger partial charge < -0.3 is 4.90 Å². The summed E-state index contributed by atoms with van der Waals surface area (Å²) in [5.74, 6) is 1.04. The van der Waals surface area contributed by atoms with Crippen molar-refractivity contribution < 1.29 is 13.6 Å². The van der Waals surface area contributed by atoms with E-state index in [0.717, 1.165) is 32.4 Å². The van der Waals surface area contributed by atoms with Crippen LogP contribution in [0.15, 0.2) is 34.5 Å². The predicted molar refractivity (Wildman–Crippen MR) is 135 cm³/mol. The van der Waals surface area contributed by atoms with Crippen molar-refractivity contribution in [3.63, 3.8) is 0 Å². The van der Waals surface area contributed by atoms with E-state index in [1.54, 1.807) is 0 Å². The molecule has 0 radical (unpaired) electrons. The molecule has 4 nitrogen and oxygen atoms in total. The Morgan fingerprint density at radius 1 is 1.12 bits per heavy atom. The standard InChI is InChI=1S/C25H35F2N3O.C3H8/c1-5-28-29-23(25-21(26)9-7-10-22(25)27)14-20-18(4)17(3)19(20)8-6-11-24(31)30-13-12-16(2)15-30;1-3-2/h7,9-10,14,16-20H,5-6,8,11-13,15H2,1-4H3;3H2,1-2H3/b23-14-,29-28?;/t16?,17?,18?,19-,20?;/m0./s1. The second-order valence-corrected chi connectivity index (χ2v) is 10.00. The number of benzene rings is 1. The highest BCUT2D eigenvalue weighted by atomic mass is 19.1. The Kier molecular flexibility index (Phi) is 11.3. The van der Waals surface area contributed by atoms with Gasteiger partial charge in [0.1, 0.15) is 11.6 Å². The Morgan fingerprint density at radius 2 is 1.76 bits per heavy atom. The lowest BCUT2D eigenvalue weighted by Crippen LogP contribution is -2.42. The summed E-state index contributed by atoms with van der Waals surface area (Å²) >= 11 is 0. The molecule has 5 atom stereocenters. The quantitative estimate of drug-likeness (QED) is 0.354. The van der Waals surface area contributed by atoms with E-state index in [4.69, 9.17) is 0 Å². The SMILES string of the molecule is CCC.CCN=N/C(=C\C1C(C)C(C)[C@@H]1CCCC(=O)N1CCC(C)C1)c1c(F)cccc1F. The smallest absolute Gasteiger partial charge is 0.222 e. The first-order valence-corrected chi connectivity index (χ1v) is 13.1. The first-order valence-electron chi connectivity index (χ1n) is 13.1. The summed E-state index contributed by atoms with van der Waals surface area (Å²) < 4.78 is 28.8. The molecule has 1 aliphatic carbocycles. The van der Waals surface area contributed by atoms with Crippen LogP contribution >= 0.6 is 0 Å². The number of azo groups is 1. The van der Waals surface area contributed by atoms with Crippen LogP contribution in [-0.4, -0.2) is 30.4 Å². The van der Waals surface area contributed by atoms with Gasteiger partial charge in [0.05, 0.1) is 17.8 Å². The van der Waals surface area contributed by atoms with Crippen molar-refractivity contribution in [2.75, 3.05) is 19.6 Å². The molecule has 1 aromatic rings. The summed E-state index contributed by atoms with van der Waals surface area (Å²) in [6, 6.07) is 3.86. The van der Waals surface area contributed by atoms with Crippen LogP contribution in [-0.2, 0) is 4.79 Å². The average Bonchev–Trinajstić information content (AvgIpc) is 3.25. The van der Waals surface area contributed by atoms with Crippen LogP contribution < -0.4 is 0 Å². The molecule has 0 aromatic heterocycles. The molecule has 3 rings (SSSR count). The monoisotopic (exact) mass is 475 g/mol. The fourth-order valence-electron chi connectivity index (χ4n) is 5.11. The summed E-state index contributed by atoms with van der Waals surface area (Å²) in [4.78, 5) is 14.5. The van der Waals surface area contributed by atoms with Crippen molar-refractivity contribution in [1.29, 1.82) is 0 Å². The van der Waals surface area contributed by atoms with E-state index in [9.17, 15) is 13.6 Å². The first-order chi connectivity index (χ1) is 16.2. The summed E-state index contributed by atoms with van der Waals surface area (Å²) in [5.41, 5.74) is 0.164. The lowest BCUT2D eigenvalue weighted by molar-refractivity contribution is -0.130. The molecule has 190 valence electrons. The number of hydrogen-bond acceptors (Lipinski definition) is 3.